The molecule has 0 bridgehead atoms. The molecule has 3 rings (SSSR count). The maximum Gasteiger partial charge on any atom is 0.407 e. The number of hydrogen-bond donors (Lipinski definition) is 2. The van der Waals surface area contributed by atoms with E-state index in [2.05, 4.69) is 15.5 Å². The number of amides is 1. The van der Waals surface area contributed by atoms with Gasteiger partial charge in [0, 0.05) is 11.7 Å². The smallest absolute Gasteiger partial charge is 0.407 e. The third-order valence-electron chi connectivity index (χ3n) is 3.14. The van der Waals surface area contributed by atoms with Crippen LogP contribution >= 0.6 is 0 Å². The number of ether oxygens (including phenoxy) is 1. The summed E-state index contributed by atoms with van der Waals surface area (Å²) in [5.41, 5.74) is 2.41. The number of alkyl carbamates (subject to hydrolysis) is 1. The topological polar surface area (TPSA) is 67.0 Å². The van der Waals surface area contributed by atoms with Crippen LogP contribution in [0.5, 0.6) is 0 Å². The average molecular weight is 221 g/mol. The van der Waals surface area contributed by atoms with E-state index in [0.29, 0.717) is 0 Å². The molecule has 1 heterocycles. The molecule has 2 aliphatic carbocycles. The van der Waals surface area contributed by atoms with Crippen molar-refractivity contribution in [1.29, 1.82) is 0 Å². The largest absolute Gasteiger partial charge is 0.446 e. The standard InChI is InChI=1S/C11H15N3O2/c15-11(16-9-2-3-9)13-8-1-4-10-7(5-8)6-12-14-10/h6,8-9H,1-5H2,(H,12,14)(H,13,15). The first-order valence-corrected chi connectivity index (χ1v) is 5.79. The predicted molar refractivity (Wildman–Crippen MR) is 57.0 cm³/mol. The molecule has 86 valence electrons. The van der Waals surface area contributed by atoms with Crippen LogP contribution in [-0.4, -0.2) is 28.4 Å². The van der Waals surface area contributed by atoms with E-state index in [-0.39, 0.29) is 18.2 Å². The Labute approximate surface area is 93.6 Å². The lowest BCUT2D eigenvalue weighted by Gasteiger charge is -2.22. The number of nitrogens with zero attached hydrogens (tertiary/aromatic N) is 1. The number of hydrogen-bond acceptors (Lipinski definition) is 3. The van der Waals surface area contributed by atoms with Gasteiger partial charge in [0.1, 0.15) is 6.10 Å². The van der Waals surface area contributed by atoms with Crippen molar-refractivity contribution in [3.05, 3.63) is 17.5 Å². The Balaban J connectivity index is 1.55. The molecule has 0 aromatic carbocycles. The van der Waals surface area contributed by atoms with Gasteiger partial charge in [-0.05, 0) is 37.7 Å². The summed E-state index contributed by atoms with van der Waals surface area (Å²) in [6.45, 7) is 0. The van der Waals surface area contributed by atoms with E-state index in [4.69, 9.17) is 4.74 Å². The minimum absolute atomic E-state index is 0.174. The number of aromatic nitrogens is 2. The van der Waals surface area contributed by atoms with Crippen molar-refractivity contribution in [3.8, 4) is 0 Å². The Hall–Kier alpha value is -1.52. The third-order valence-corrected chi connectivity index (χ3v) is 3.14. The van der Waals surface area contributed by atoms with E-state index in [1.54, 1.807) is 0 Å². The van der Waals surface area contributed by atoms with E-state index in [1.807, 2.05) is 6.20 Å². The van der Waals surface area contributed by atoms with Crippen LogP contribution in [0.4, 0.5) is 4.79 Å². The molecule has 1 atom stereocenters. The van der Waals surface area contributed by atoms with Crippen LogP contribution in [0.25, 0.3) is 0 Å². The predicted octanol–water partition coefficient (Wildman–Crippen LogP) is 1.16. The van der Waals surface area contributed by atoms with Gasteiger partial charge in [-0.15, -0.1) is 0 Å². The van der Waals surface area contributed by atoms with Crippen molar-refractivity contribution in [2.24, 2.45) is 0 Å². The number of aromatic amines is 1. The van der Waals surface area contributed by atoms with Gasteiger partial charge in [-0.3, -0.25) is 5.10 Å². The van der Waals surface area contributed by atoms with Gasteiger partial charge in [-0.2, -0.15) is 5.10 Å². The van der Waals surface area contributed by atoms with Crippen molar-refractivity contribution < 1.29 is 9.53 Å². The van der Waals surface area contributed by atoms with Gasteiger partial charge >= 0.3 is 6.09 Å². The molecule has 0 radical (unpaired) electrons. The minimum Gasteiger partial charge on any atom is -0.446 e. The maximum atomic E-state index is 11.5. The molecule has 1 aromatic rings. The van der Waals surface area contributed by atoms with Crippen LogP contribution in [0.1, 0.15) is 30.5 Å². The van der Waals surface area contributed by atoms with Gasteiger partial charge in [0.2, 0.25) is 0 Å². The monoisotopic (exact) mass is 221 g/mol. The van der Waals surface area contributed by atoms with Gasteiger partial charge in [0.05, 0.1) is 6.20 Å². The molecule has 2 N–H and O–H groups in total. The highest BCUT2D eigenvalue weighted by Gasteiger charge is 2.28. The normalized spacial score (nSPS) is 23.6. The minimum atomic E-state index is -0.264. The summed E-state index contributed by atoms with van der Waals surface area (Å²) in [5.74, 6) is 0. The van der Waals surface area contributed by atoms with Crippen molar-refractivity contribution >= 4 is 6.09 Å². The van der Waals surface area contributed by atoms with E-state index >= 15 is 0 Å². The Kier molecular flexibility index (Phi) is 2.31. The number of nitrogens with one attached hydrogen (secondary N) is 2. The lowest BCUT2D eigenvalue weighted by atomic mass is 9.94. The first-order valence-electron chi connectivity index (χ1n) is 5.79. The molecule has 1 aromatic heterocycles. The lowest BCUT2D eigenvalue weighted by molar-refractivity contribution is 0.134. The molecule has 1 saturated carbocycles. The Morgan fingerprint density at radius 3 is 3.19 bits per heavy atom. The summed E-state index contributed by atoms with van der Waals surface area (Å²) in [6, 6.07) is 0.191. The van der Waals surface area contributed by atoms with Gasteiger partial charge in [0.25, 0.3) is 0 Å². The second-order valence-electron chi connectivity index (χ2n) is 4.56. The Morgan fingerprint density at radius 2 is 2.38 bits per heavy atom. The quantitative estimate of drug-likeness (QED) is 0.787. The number of rotatable bonds is 2. The molecule has 0 spiro atoms. The van der Waals surface area contributed by atoms with Gasteiger partial charge in [0.15, 0.2) is 0 Å². The summed E-state index contributed by atoms with van der Waals surface area (Å²) < 4.78 is 5.16. The molecule has 16 heavy (non-hydrogen) atoms. The second kappa shape index (κ2) is 3.81. The highest BCUT2D eigenvalue weighted by atomic mass is 16.6. The zero-order valence-electron chi connectivity index (χ0n) is 9.03. The van der Waals surface area contributed by atoms with Crippen LogP contribution in [0.2, 0.25) is 0 Å². The number of carbonyl (C=O) groups excluding carboxylic acids is 1. The molecular weight excluding hydrogens is 206 g/mol. The Bertz CT molecular complexity index is 398. The third kappa shape index (κ3) is 2.03. The van der Waals surface area contributed by atoms with E-state index in [9.17, 15) is 4.79 Å². The first-order chi connectivity index (χ1) is 7.81. The molecule has 5 nitrogen and oxygen atoms in total. The van der Waals surface area contributed by atoms with Gasteiger partial charge in [-0.25, -0.2) is 4.79 Å². The lowest BCUT2D eigenvalue weighted by Crippen LogP contribution is -2.39. The zero-order chi connectivity index (χ0) is 11.0. The van der Waals surface area contributed by atoms with Crippen LogP contribution < -0.4 is 5.32 Å². The van der Waals surface area contributed by atoms with Crippen molar-refractivity contribution in [2.75, 3.05) is 0 Å². The number of carbonyl (C=O) groups is 1. The molecule has 0 aliphatic heterocycles. The molecule has 0 saturated heterocycles. The SMILES string of the molecule is O=C(NC1CCc2[nH]ncc2C1)OC1CC1. The van der Waals surface area contributed by atoms with Crippen LogP contribution in [0.3, 0.4) is 0 Å². The molecule has 1 amide bonds. The summed E-state index contributed by atoms with van der Waals surface area (Å²) >= 11 is 0. The van der Waals surface area contributed by atoms with Crippen molar-refractivity contribution in [2.45, 2.75) is 44.2 Å². The molecule has 1 unspecified atom stereocenters. The number of aryl methyl sites for hydroxylation is 1. The molecular formula is C11H15N3O2. The van der Waals surface area contributed by atoms with Crippen LogP contribution in [-0.2, 0) is 17.6 Å². The number of fused-ring (bicyclic) bond motifs is 1. The molecule has 2 aliphatic rings. The summed E-state index contributed by atoms with van der Waals surface area (Å²) in [6.07, 6.45) is 6.54. The fraction of sp³-hybridized carbons (Fsp3) is 0.636. The summed E-state index contributed by atoms with van der Waals surface area (Å²) in [7, 11) is 0. The van der Waals surface area contributed by atoms with Crippen LogP contribution in [0.15, 0.2) is 6.20 Å². The maximum absolute atomic E-state index is 11.5. The summed E-state index contributed by atoms with van der Waals surface area (Å²) in [4.78, 5) is 11.5. The van der Waals surface area contributed by atoms with E-state index in [0.717, 1.165) is 32.1 Å². The van der Waals surface area contributed by atoms with Crippen molar-refractivity contribution in [3.63, 3.8) is 0 Å². The van der Waals surface area contributed by atoms with Gasteiger partial charge in [-0.1, -0.05) is 0 Å². The second-order valence-corrected chi connectivity index (χ2v) is 4.56. The average Bonchev–Trinajstić information content (AvgIpc) is 2.95. The van der Waals surface area contributed by atoms with Crippen molar-refractivity contribution in [1.82, 2.24) is 15.5 Å². The first kappa shape index (κ1) is 9.69. The van der Waals surface area contributed by atoms with E-state index < -0.39 is 0 Å². The van der Waals surface area contributed by atoms with Gasteiger partial charge < -0.3 is 10.1 Å². The highest BCUT2D eigenvalue weighted by molar-refractivity contribution is 5.68. The molecule has 1 fully saturated rings. The highest BCUT2D eigenvalue weighted by Crippen LogP contribution is 2.24. The zero-order valence-corrected chi connectivity index (χ0v) is 9.03. The van der Waals surface area contributed by atoms with E-state index in [1.165, 1.54) is 11.3 Å². The van der Waals surface area contributed by atoms with Crippen LogP contribution in [0, 0.1) is 0 Å². The fourth-order valence-corrected chi connectivity index (χ4v) is 2.08. The fourth-order valence-electron chi connectivity index (χ4n) is 2.08. The number of H-pyrrole nitrogens is 1. The Morgan fingerprint density at radius 1 is 1.50 bits per heavy atom. The summed E-state index contributed by atoms with van der Waals surface area (Å²) in [5, 5.41) is 9.90. The molecule has 5 heteroatoms.